The summed E-state index contributed by atoms with van der Waals surface area (Å²) in [6.07, 6.45) is 9.19. The van der Waals surface area contributed by atoms with Gasteiger partial charge in [-0.2, -0.15) is 0 Å². The molecule has 2 amide bonds. The van der Waals surface area contributed by atoms with Crippen molar-refractivity contribution in [2.45, 2.75) is 45.3 Å². The summed E-state index contributed by atoms with van der Waals surface area (Å²) in [5, 5.41) is 20.6. The maximum Gasteiger partial charge on any atom is 0.275 e. The van der Waals surface area contributed by atoms with Crippen LogP contribution in [0.4, 0.5) is 5.69 Å². The Labute approximate surface area is 249 Å². The van der Waals surface area contributed by atoms with Gasteiger partial charge < -0.3 is 20.6 Å². The van der Waals surface area contributed by atoms with Crippen molar-refractivity contribution in [3.63, 3.8) is 0 Å². The van der Waals surface area contributed by atoms with Crippen LogP contribution < -0.4 is 21.1 Å². The van der Waals surface area contributed by atoms with Crippen molar-refractivity contribution in [3.8, 4) is 21.7 Å². The average Bonchev–Trinajstić information content (AvgIpc) is 3.43. The summed E-state index contributed by atoms with van der Waals surface area (Å²) in [5.41, 5.74) is 3.16. The van der Waals surface area contributed by atoms with Gasteiger partial charge in [-0.1, -0.05) is 18.2 Å². The number of carbonyl (C=O) groups excluding carboxylic acids is 2. The summed E-state index contributed by atoms with van der Waals surface area (Å²) in [6.45, 7) is 6.51. The monoisotopic (exact) mass is 581 g/mol. The van der Waals surface area contributed by atoms with Crippen molar-refractivity contribution >= 4 is 41.1 Å². The minimum Gasteiger partial charge on any atom is -0.390 e. The van der Waals surface area contributed by atoms with Crippen LogP contribution in [0.15, 0.2) is 66.3 Å². The molecule has 1 unspecified atom stereocenters. The fourth-order valence-corrected chi connectivity index (χ4v) is 5.64. The van der Waals surface area contributed by atoms with E-state index >= 15 is 0 Å². The number of anilines is 1. The Morgan fingerprint density at radius 1 is 1.10 bits per heavy atom. The molecule has 3 N–H and O–H groups in total. The van der Waals surface area contributed by atoms with Crippen LogP contribution in [0.25, 0.3) is 34.0 Å². The second-order valence-electron chi connectivity index (χ2n) is 11.1. The molecule has 2 aromatic carbocycles. The predicted molar refractivity (Wildman–Crippen MR) is 168 cm³/mol. The highest BCUT2D eigenvalue weighted by Crippen LogP contribution is 2.29. The number of amides is 2. The number of carbonyl (C=O) groups is 2. The molecule has 0 radical (unpaired) electrons. The molecule has 5 rings (SSSR count). The van der Waals surface area contributed by atoms with E-state index in [0.29, 0.717) is 34.9 Å². The highest BCUT2D eigenvalue weighted by atomic mass is 32.1. The number of fused-ring (bicyclic) bond motifs is 1. The largest absolute Gasteiger partial charge is 0.390 e. The van der Waals surface area contributed by atoms with Gasteiger partial charge in [-0.05, 0) is 86.0 Å². The predicted octanol–water partition coefficient (Wildman–Crippen LogP) is 4.26. The van der Waals surface area contributed by atoms with Crippen LogP contribution in [0.1, 0.15) is 54.5 Å². The zero-order chi connectivity index (χ0) is 29.9. The first-order valence-electron chi connectivity index (χ1n) is 14.0. The van der Waals surface area contributed by atoms with Crippen molar-refractivity contribution in [2.75, 3.05) is 18.9 Å². The first kappa shape index (κ1) is 29.2. The van der Waals surface area contributed by atoms with Crippen LogP contribution in [-0.4, -0.2) is 57.0 Å². The van der Waals surface area contributed by atoms with E-state index in [9.17, 15) is 14.7 Å². The topological polar surface area (TPSA) is 107 Å². The lowest BCUT2D eigenvalue weighted by Gasteiger charge is -2.29. The van der Waals surface area contributed by atoms with E-state index in [0.717, 1.165) is 33.5 Å². The van der Waals surface area contributed by atoms with Gasteiger partial charge in [0.15, 0.2) is 0 Å². The van der Waals surface area contributed by atoms with E-state index in [2.05, 4.69) is 50.8 Å². The number of aromatic nitrogens is 2. The number of benzene rings is 2. The number of rotatable bonds is 8. The second-order valence-corrected chi connectivity index (χ2v) is 12.0. The Morgan fingerprint density at radius 2 is 1.90 bits per heavy atom. The summed E-state index contributed by atoms with van der Waals surface area (Å²) in [4.78, 5) is 36.9. The molecule has 0 aliphatic carbocycles. The van der Waals surface area contributed by atoms with Gasteiger partial charge >= 0.3 is 0 Å². The number of nitrogens with one attached hydrogen (secondary N) is 2. The number of hydrogen-bond acceptors (Lipinski definition) is 7. The first-order chi connectivity index (χ1) is 20.1. The fraction of sp³-hybridized carbons (Fsp3) is 0.273. The van der Waals surface area contributed by atoms with Crippen molar-refractivity contribution < 1.29 is 14.7 Å². The Bertz CT molecular complexity index is 1730. The number of nitrogens with zero attached hydrogens (tertiary/aromatic N) is 3. The summed E-state index contributed by atoms with van der Waals surface area (Å²) in [6, 6.07) is 15.4. The van der Waals surface area contributed by atoms with Crippen LogP contribution in [0.3, 0.4) is 0 Å². The number of aliphatic hydroxyl groups is 1. The Hall–Kier alpha value is -4.34. The van der Waals surface area contributed by atoms with Crippen molar-refractivity contribution in [1.82, 2.24) is 20.2 Å². The molecular weight excluding hydrogens is 546 g/mol. The van der Waals surface area contributed by atoms with Gasteiger partial charge in [-0.3, -0.25) is 14.6 Å². The molecule has 4 aromatic rings. The maximum atomic E-state index is 13.5. The summed E-state index contributed by atoms with van der Waals surface area (Å²) < 4.78 is 0. The molecule has 2 aromatic heterocycles. The third-order valence-electron chi connectivity index (χ3n) is 7.31. The first-order valence-corrected chi connectivity index (χ1v) is 14.8. The van der Waals surface area contributed by atoms with E-state index < -0.39 is 5.60 Å². The molecule has 0 fully saturated rings. The van der Waals surface area contributed by atoms with Crippen LogP contribution >= 0.6 is 11.3 Å². The normalized spacial score (nSPS) is 14.7. The van der Waals surface area contributed by atoms with Crippen LogP contribution in [0, 0.1) is 0 Å². The smallest absolute Gasteiger partial charge is 0.275 e. The SMILES string of the molecule is CNC(=O)c1cccc(-c2cc3c(cc2NC(=O)c2csc(-c4cccnc4)n2)=CN(CCC(C)(C)O)C(C)CC=3)c1. The zero-order valence-corrected chi connectivity index (χ0v) is 25.0. The van der Waals surface area contributed by atoms with Gasteiger partial charge in [-0.25, -0.2) is 4.98 Å². The van der Waals surface area contributed by atoms with Crippen LogP contribution in [-0.2, 0) is 0 Å². The lowest BCUT2D eigenvalue weighted by molar-refractivity contribution is 0.0617. The molecule has 3 heterocycles. The van der Waals surface area contributed by atoms with E-state index in [1.807, 2.05) is 50.2 Å². The fourth-order valence-electron chi connectivity index (χ4n) is 4.85. The van der Waals surface area contributed by atoms with Crippen LogP contribution in [0.5, 0.6) is 0 Å². The quantitative estimate of drug-likeness (QED) is 0.287. The van der Waals surface area contributed by atoms with E-state index in [1.165, 1.54) is 11.3 Å². The summed E-state index contributed by atoms with van der Waals surface area (Å²) in [5.74, 6) is -0.506. The lowest BCUT2D eigenvalue weighted by atomic mass is 9.99. The van der Waals surface area contributed by atoms with E-state index in [1.54, 1.807) is 30.9 Å². The minimum atomic E-state index is -0.770. The molecular formula is C33H35N5O3S. The Balaban J connectivity index is 1.57. The molecule has 1 aliphatic rings. The number of pyridine rings is 1. The molecule has 0 spiro atoms. The molecule has 1 atom stereocenters. The molecule has 0 saturated heterocycles. The maximum absolute atomic E-state index is 13.5. The third kappa shape index (κ3) is 6.75. The van der Waals surface area contributed by atoms with Gasteiger partial charge in [0.25, 0.3) is 11.8 Å². The van der Waals surface area contributed by atoms with Crippen molar-refractivity contribution in [3.05, 3.63) is 88.0 Å². The van der Waals surface area contributed by atoms with Gasteiger partial charge in [0.05, 0.1) is 5.60 Å². The number of hydrogen-bond donors (Lipinski definition) is 3. The molecule has 8 nitrogen and oxygen atoms in total. The molecule has 0 saturated carbocycles. The molecule has 42 heavy (non-hydrogen) atoms. The minimum absolute atomic E-state index is 0.182. The molecule has 0 bridgehead atoms. The van der Waals surface area contributed by atoms with Gasteiger partial charge in [0.2, 0.25) is 0 Å². The zero-order valence-electron chi connectivity index (χ0n) is 24.2. The highest BCUT2D eigenvalue weighted by molar-refractivity contribution is 7.13. The van der Waals surface area contributed by atoms with Gasteiger partial charge in [-0.15, -0.1) is 11.3 Å². The summed E-state index contributed by atoms with van der Waals surface area (Å²) in [7, 11) is 1.60. The number of thiazole rings is 1. The Kier molecular flexibility index (Phi) is 8.51. The Morgan fingerprint density at radius 3 is 2.64 bits per heavy atom. The third-order valence-corrected chi connectivity index (χ3v) is 8.20. The van der Waals surface area contributed by atoms with Gasteiger partial charge in [0.1, 0.15) is 10.7 Å². The van der Waals surface area contributed by atoms with Crippen LogP contribution in [0.2, 0.25) is 0 Å². The molecule has 9 heteroatoms. The van der Waals surface area contributed by atoms with E-state index in [4.69, 9.17) is 0 Å². The van der Waals surface area contributed by atoms with Crippen molar-refractivity contribution in [2.24, 2.45) is 0 Å². The lowest BCUT2D eigenvalue weighted by Crippen LogP contribution is -2.34. The summed E-state index contributed by atoms with van der Waals surface area (Å²) >= 11 is 1.39. The molecule has 216 valence electrons. The van der Waals surface area contributed by atoms with Crippen molar-refractivity contribution in [1.29, 1.82) is 0 Å². The second kappa shape index (κ2) is 12.3. The van der Waals surface area contributed by atoms with E-state index in [-0.39, 0.29) is 17.9 Å². The van der Waals surface area contributed by atoms with Gasteiger partial charge in [0, 0.05) is 66.0 Å². The average molecular weight is 582 g/mol. The highest BCUT2D eigenvalue weighted by Gasteiger charge is 2.20. The standard InChI is InChI=1S/C33H35N5O3S/c1-21-10-11-22-16-27(23-7-5-8-24(15-23)30(39)34-4)28(17-26(22)19-38(21)14-12-33(2,3)41)36-31(40)29-20-42-32(37-29)25-9-6-13-35-18-25/h5-9,11,13,15-21,41H,10,12,14H2,1-4H3,(H,34,39)(H,36,40). The molecule has 1 aliphatic heterocycles.